The Kier molecular flexibility index (Phi) is 6.18. The molecule has 0 radical (unpaired) electrons. The lowest BCUT2D eigenvalue weighted by Crippen LogP contribution is -2.50. The molecule has 0 unspecified atom stereocenters. The molecule has 2 atom stereocenters. The minimum atomic E-state index is -1.04. The Balaban J connectivity index is 2.57. The van der Waals surface area contributed by atoms with Gasteiger partial charge in [0, 0.05) is 0 Å². The lowest BCUT2D eigenvalue weighted by atomic mass is 10.0. The van der Waals surface area contributed by atoms with Crippen molar-refractivity contribution < 1.29 is 14.7 Å². The highest BCUT2D eigenvalue weighted by atomic mass is 16.4. The molecule has 1 aromatic carbocycles. The van der Waals surface area contributed by atoms with Crippen molar-refractivity contribution in [3.05, 3.63) is 35.9 Å². The van der Waals surface area contributed by atoms with Gasteiger partial charge in [0.15, 0.2) is 0 Å². The van der Waals surface area contributed by atoms with E-state index in [2.05, 4.69) is 5.32 Å². The summed E-state index contributed by atoms with van der Waals surface area (Å²) in [7, 11) is 0. The third-order valence-electron chi connectivity index (χ3n) is 3.20. The number of hydrogen-bond donors (Lipinski definition) is 3. The molecule has 5 nitrogen and oxygen atoms in total. The lowest BCUT2D eigenvalue weighted by molar-refractivity contribution is -0.142. The van der Waals surface area contributed by atoms with Crippen LogP contribution in [0, 0.1) is 5.92 Å². The first-order chi connectivity index (χ1) is 9.41. The molecule has 0 aliphatic heterocycles. The van der Waals surface area contributed by atoms with Gasteiger partial charge in [0.2, 0.25) is 5.91 Å². The number of hydrogen-bond acceptors (Lipinski definition) is 3. The molecular weight excluding hydrogens is 256 g/mol. The number of carboxylic acids is 1. The van der Waals surface area contributed by atoms with Crippen LogP contribution in [0.5, 0.6) is 0 Å². The Morgan fingerprint density at radius 3 is 2.35 bits per heavy atom. The Bertz CT molecular complexity index is 446. The third-order valence-corrected chi connectivity index (χ3v) is 3.20. The number of benzene rings is 1. The second-order valence-electron chi connectivity index (χ2n) is 5.19. The van der Waals surface area contributed by atoms with Gasteiger partial charge in [-0.1, -0.05) is 44.2 Å². The molecule has 1 amide bonds. The first-order valence-electron chi connectivity index (χ1n) is 6.74. The van der Waals surface area contributed by atoms with E-state index in [4.69, 9.17) is 10.8 Å². The molecule has 1 rings (SSSR count). The van der Waals surface area contributed by atoms with Crippen molar-refractivity contribution in [2.24, 2.45) is 11.7 Å². The normalized spacial score (nSPS) is 13.8. The fraction of sp³-hybridized carbons (Fsp3) is 0.467. The zero-order chi connectivity index (χ0) is 15.1. The maximum Gasteiger partial charge on any atom is 0.326 e. The predicted molar refractivity (Wildman–Crippen MR) is 77.1 cm³/mol. The first-order valence-corrected chi connectivity index (χ1v) is 6.74. The van der Waals surface area contributed by atoms with E-state index in [1.54, 1.807) is 0 Å². The van der Waals surface area contributed by atoms with Crippen molar-refractivity contribution in [3.8, 4) is 0 Å². The maximum absolute atomic E-state index is 11.8. The molecular formula is C15H22N2O3. The summed E-state index contributed by atoms with van der Waals surface area (Å²) in [6, 6.07) is 7.97. The Hall–Kier alpha value is -1.88. The van der Waals surface area contributed by atoms with Crippen LogP contribution in [-0.4, -0.2) is 29.1 Å². The predicted octanol–water partition coefficient (Wildman–Crippen LogP) is 1.17. The standard InChI is InChI=1S/C15H22N2O3/c1-10(2)13(16)14(18)17-12(15(19)20)9-8-11-6-4-3-5-7-11/h3-7,10,12-13H,8-9,16H2,1-2H3,(H,17,18)(H,19,20)/t12-,13-/m0/s1. The van der Waals surface area contributed by atoms with Gasteiger partial charge >= 0.3 is 5.97 Å². The van der Waals surface area contributed by atoms with Gasteiger partial charge in [0.1, 0.15) is 6.04 Å². The van der Waals surface area contributed by atoms with Crippen LogP contribution in [0.2, 0.25) is 0 Å². The number of rotatable bonds is 7. The number of aliphatic carboxylic acids is 1. The summed E-state index contributed by atoms with van der Waals surface area (Å²) in [5, 5.41) is 11.7. The Morgan fingerprint density at radius 1 is 1.25 bits per heavy atom. The summed E-state index contributed by atoms with van der Waals surface area (Å²) in [4.78, 5) is 23.0. The molecule has 4 N–H and O–H groups in total. The maximum atomic E-state index is 11.8. The first kappa shape index (κ1) is 16.2. The van der Waals surface area contributed by atoms with Crippen molar-refractivity contribution in [3.63, 3.8) is 0 Å². The van der Waals surface area contributed by atoms with E-state index in [9.17, 15) is 9.59 Å². The van der Waals surface area contributed by atoms with E-state index in [1.807, 2.05) is 44.2 Å². The van der Waals surface area contributed by atoms with Crippen LogP contribution in [-0.2, 0) is 16.0 Å². The van der Waals surface area contributed by atoms with Crippen LogP contribution in [0.4, 0.5) is 0 Å². The summed E-state index contributed by atoms with van der Waals surface area (Å²) < 4.78 is 0. The highest BCUT2D eigenvalue weighted by Gasteiger charge is 2.24. The Labute approximate surface area is 119 Å². The highest BCUT2D eigenvalue weighted by Crippen LogP contribution is 2.06. The van der Waals surface area contributed by atoms with Crippen LogP contribution in [0.3, 0.4) is 0 Å². The van der Waals surface area contributed by atoms with E-state index >= 15 is 0 Å². The average Bonchev–Trinajstić information content (AvgIpc) is 2.42. The monoisotopic (exact) mass is 278 g/mol. The second kappa shape index (κ2) is 7.65. The van der Waals surface area contributed by atoms with E-state index in [0.29, 0.717) is 12.8 Å². The van der Waals surface area contributed by atoms with E-state index < -0.39 is 24.0 Å². The second-order valence-corrected chi connectivity index (χ2v) is 5.19. The molecule has 0 saturated carbocycles. The molecule has 0 bridgehead atoms. The van der Waals surface area contributed by atoms with Gasteiger partial charge in [0.25, 0.3) is 0 Å². The molecule has 0 aliphatic carbocycles. The fourth-order valence-electron chi connectivity index (χ4n) is 1.78. The number of carbonyl (C=O) groups is 2. The highest BCUT2D eigenvalue weighted by molar-refractivity contribution is 5.86. The summed E-state index contributed by atoms with van der Waals surface area (Å²) >= 11 is 0. The fourth-order valence-corrected chi connectivity index (χ4v) is 1.78. The number of nitrogens with two attached hydrogens (primary N) is 1. The van der Waals surface area contributed by atoms with Crippen molar-refractivity contribution >= 4 is 11.9 Å². The van der Waals surface area contributed by atoms with Crippen molar-refractivity contribution in [1.82, 2.24) is 5.32 Å². The largest absolute Gasteiger partial charge is 0.480 e. The topological polar surface area (TPSA) is 92.4 Å². The molecule has 110 valence electrons. The zero-order valence-corrected chi connectivity index (χ0v) is 11.9. The molecule has 0 aromatic heterocycles. The number of carbonyl (C=O) groups excluding carboxylic acids is 1. The minimum Gasteiger partial charge on any atom is -0.480 e. The molecule has 1 aromatic rings. The van der Waals surface area contributed by atoms with Gasteiger partial charge in [-0.2, -0.15) is 0 Å². The molecule has 5 heteroatoms. The van der Waals surface area contributed by atoms with Crippen LogP contribution in [0.25, 0.3) is 0 Å². The summed E-state index contributed by atoms with van der Waals surface area (Å²) in [6.07, 6.45) is 0.935. The van der Waals surface area contributed by atoms with Crippen LogP contribution in [0.15, 0.2) is 30.3 Å². The summed E-state index contributed by atoms with van der Waals surface area (Å²) in [6.45, 7) is 3.65. The SMILES string of the molecule is CC(C)[C@H](N)C(=O)N[C@@H](CCc1ccccc1)C(=O)O. The van der Waals surface area contributed by atoms with Gasteiger partial charge in [0.05, 0.1) is 6.04 Å². The number of aryl methyl sites for hydroxylation is 1. The van der Waals surface area contributed by atoms with Crippen molar-refractivity contribution in [2.75, 3.05) is 0 Å². The van der Waals surface area contributed by atoms with Crippen LogP contribution in [0.1, 0.15) is 25.8 Å². The smallest absolute Gasteiger partial charge is 0.326 e. The average molecular weight is 278 g/mol. The van der Waals surface area contributed by atoms with E-state index in [0.717, 1.165) is 5.56 Å². The quantitative estimate of drug-likeness (QED) is 0.698. The van der Waals surface area contributed by atoms with Gasteiger partial charge in [-0.15, -0.1) is 0 Å². The molecule has 0 fully saturated rings. The van der Waals surface area contributed by atoms with E-state index in [-0.39, 0.29) is 5.92 Å². The summed E-state index contributed by atoms with van der Waals surface area (Å²) in [5.74, 6) is -1.48. The number of nitrogens with one attached hydrogen (secondary N) is 1. The number of amides is 1. The lowest BCUT2D eigenvalue weighted by Gasteiger charge is -2.19. The van der Waals surface area contributed by atoms with Crippen LogP contribution < -0.4 is 11.1 Å². The zero-order valence-electron chi connectivity index (χ0n) is 11.9. The van der Waals surface area contributed by atoms with Crippen LogP contribution >= 0.6 is 0 Å². The summed E-state index contributed by atoms with van der Waals surface area (Å²) in [5.41, 5.74) is 6.75. The molecule has 0 aliphatic rings. The van der Waals surface area contributed by atoms with E-state index in [1.165, 1.54) is 0 Å². The minimum absolute atomic E-state index is 0.0291. The van der Waals surface area contributed by atoms with Crippen molar-refractivity contribution in [2.45, 2.75) is 38.8 Å². The Morgan fingerprint density at radius 2 is 1.85 bits per heavy atom. The molecule has 20 heavy (non-hydrogen) atoms. The van der Waals surface area contributed by atoms with Crippen molar-refractivity contribution in [1.29, 1.82) is 0 Å². The number of carboxylic acid groups (broad SMARTS) is 1. The van der Waals surface area contributed by atoms with Gasteiger partial charge < -0.3 is 16.2 Å². The molecule has 0 heterocycles. The van der Waals surface area contributed by atoms with Gasteiger partial charge in [-0.3, -0.25) is 4.79 Å². The third kappa shape index (κ3) is 5.01. The molecule has 0 spiro atoms. The van der Waals surface area contributed by atoms with Gasteiger partial charge in [-0.25, -0.2) is 4.79 Å². The van der Waals surface area contributed by atoms with Gasteiger partial charge in [-0.05, 0) is 24.3 Å². The molecule has 0 saturated heterocycles.